The Labute approximate surface area is 178 Å². The van der Waals surface area contributed by atoms with Crippen molar-refractivity contribution in [1.29, 1.82) is 0 Å². The van der Waals surface area contributed by atoms with Gasteiger partial charge in [0.2, 0.25) is 5.91 Å². The van der Waals surface area contributed by atoms with E-state index in [9.17, 15) is 9.18 Å². The maximum Gasteiger partial charge on any atom is 0.227 e. The van der Waals surface area contributed by atoms with Crippen molar-refractivity contribution in [2.75, 3.05) is 11.4 Å². The molecule has 1 aliphatic heterocycles. The molecule has 1 amide bonds. The quantitative estimate of drug-likeness (QED) is 0.444. The van der Waals surface area contributed by atoms with Gasteiger partial charge in [-0.25, -0.2) is 9.37 Å². The Bertz CT molecular complexity index is 1250. The lowest BCUT2D eigenvalue weighted by Gasteiger charge is -2.18. The molecule has 0 spiro atoms. The lowest BCUT2D eigenvalue weighted by molar-refractivity contribution is -0.117. The molecule has 0 bridgehead atoms. The molecule has 30 heavy (non-hydrogen) atoms. The summed E-state index contributed by atoms with van der Waals surface area (Å²) in [7, 11) is 0. The topological polar surface area (TPSA) is 38.1 Å². The van der Waals surface area contributed by atoms with Gasteiger partial charge in [0, 0.05) is 30.5 Å². The van der Waals surface area contributed by atoms with E-state index in [4.69, 9.17) is 16.6 Å². The molecule has 2 heterocycles. The number of carbonyl (C=O) groups is 1. The molecule has 5 rings (SSSR count). The molecule has 3 aromatic carbocycles. The van der Waals surface area contributed by atoms with Crippen LogP contribution in [0.5, 0.6) is 0 Å². The molecule has 0 radical (unpaired) electrons. The van der Waals surface area contributed by atoms with Crippen LogP contribution < -0.4 is 4.90 Å². The highest BCUT2D eigenvalue weighted by molar-refractivity contribution is 6.30. The first-order valence-corrected chi connectivity index (χ1v) is 10.2. The number of rotatable bonds is 4. The molecule has 1 saturated heterocycles. The van der Waals surface area contributed by atoms with Crippen molar-refractivity contribution in [3.8, 4) is 0 Å². The number of amides is 1. The fourth-order valence-corrected chi connectivity index (χ4v) is 4.39. The number of halogens is 2. The van der Waals surface area contributed by atoms with E-state index in [1.54, 1.807) is 18.2 Å². The van der Waals surface area contributed by atoms with Gasteiger partial charge in [-0.15, -0.1) is 0 Å². The molecule has 1 unspecified atom stereocenters. The van der Waals surface area contributed by atoms with Gasteiger partial charge in [-0.05, 0) is 42.0 Å². The summed E-state index contributed by atoms with van der Waals surface area (Å²) in [6.07, 6.45) is 0.299. The van der Waals surface area contributed by atoms with Gasteiger partial charge in [0.05, 0.1) is 16.7 Å². The van der Waals surface area contributed by atoms with E-state index >= 15 is 0 Å². The van der Waals surface area contributed by atoms with Crippen molar-refractivity contribution >= 4 is 34.2 Å². The third-order valence-electron chi connectivity index (χ3n) is 5.55. The maximum absolute atomic E-state index is 14.3. The van der Waals surface area contributed by atoms with Gasteiger partial charge in [0.1, 0.15) is 11.6 Å². The fourth-order valence-electron chi connectivity index (χ4n) is 4.17. The molecule has 1 aromatic heterocycles. The third kappa shape index (κ3) is 3.35. The predicted octanol–water partition coefficient (Wildman–Crippen LogP) is 5.40. The summed E-state index contributed by atoms with van der Waals surface area (Å²) >= 11 is 6.18. The van der Waals surface area contributed by atoms with E-state index < -0.39 is 0 Å². The van der Waals surface area contributed by atoms with Gasteiger partial charge in [-0.3, -0.25) is 4.79 Å². The fraction of sp³-hybridized carbons (Fsp3) is 0.167. The maximum atomic E-state index is 14.3. The minimum Gasteiger partial charge on any atom is -0.323 e. The normalized spacial score (nSPS) is 16.5. The lowest BCUT2D eigenvalue weighted by Crippen LogP contribution is -2.25. The molecule has 1 fully saturated rings. The number of carbonyl (C=O) groups excluding carboxylic acids is 1. The number of nitrogens with zero attached hydrogens (tertiary/aromatic N) is 3. The number of hydrogen-bond donors (Lipinski definition) is 0. The number of benzene rings is 3. The monoisotopic (exact) mass is 419 g/mol. The summed E-state index contributed by atoms with van der Waals surface area (Å²) in [6, 6.07) is 22.1. The molecule has 4 nitrogen and oxygen atoms in total. The first-order chi connectivity index (χ1) is 14.6. The third-order valence-corrected chi connectivity index (χ3v) is 5.78. The average Bonchev–Trinajstić information content (AvgIpc) is 3.29. The van der Waals surface area contributed by atoms with Crippen LogP contribution in [0, 0.1) is 5.82 Å². The molecular weight excluding hydrogens is 401 g/mol. The van der Waals surface area contributed by atoms with E-state index in [1.807, 2.05) is 48.5 Å². The zero-order chi connectivity index (χ0) is 20.7. The van der Waals surface area contributed by atoms with E-state index in [0.29, 0.717) is 30.2 Å². The standard InChI is InChI=1S/C24H19ClFN3O/c25-18-7-5-6-16(12-18)14-29-22-11-4-2-9-20(22)27-24(29)17-13-23(30)28(15-17)21-10-3-1-8-19(21)26/h1-12,17H,13-15H2. The molecule has 0 N–H and O–H groups in total. The van der Waals surface area contributed by atoms with Crippen LogP contribution in [0.25, 0.3) is 11.0 Å². The Morgan fingerprint density at radius 3 is 2.67 bits per heavy atom. The molecule has 1 atom stereocenters. The van der Waals surface area contributed by atoms with Crippen LogP contribution in [0.2, 0.25) is 5.02 Å². The summed E-state index contributed by atoms with van der Waals surface area (Å²) < 4.78 is 16.4. The molecule has 0 saturated carbocycles. The number of imidazole rings is 1. The van der Waals surface area contributed by atoms with Crippen molar-refractivity contribution in [3.63, 3.8) is 0 Å². The van der Waals surface area contributed by atoms with Crippen LogP contribution in [-0.4, -0.2) is 22.0 Å². The van der Waals surface area contributed by atoms with E-state index in [0.717, 1.165) is 22.4 Å². The average molecular weight is 420 g/mol. The second kappa shape index (κ2) is 7.58. The summed E-state index contributed by atoms with van der Waals surface area (Å²) in [6.45, 7) is 0.999. The Hall–Kier alpha value is -3.18. The SMILES string of the molecule is O=C1CC(c2nc3ccccc3n2Cc2cccc(Cl)c2)CN1c1ccccc1F. The van der Waals surface area contributed by atoms with Crippen molar-refractivity contribution in [2.45, 2.75) is 18.9 Å². The molecule has 150 valence electrons. The Kier molecular flexibility index (Phi) is 4.75. The molecule has 0 aliphatic carbocycles. The van der Waals surface area contributed by atoms with Crippen LogP contribution in [0.3, 0.4) is 0 Å². The Balaban J connectivity index is 1.54. The van der Waals surface area contributed by atoms with E-state index in [1.165, 1.54) is 11.0 Å². The molecule has 6 heteroatoms. The number of para-hydroxylation sites is 3. The number of aromatic nitrogens is 2. The largest absolute Gasteiger partial charge is 0.323 e. The first kappa shape index (κ1) is 18.8. The van der Waals surface area contributed by atoms with Gasteiger partial charge in [0.25, 0.3) is 0 Å². The zero-order valence-electron chi connectivity index (χ0n) is 16.1. The molecular formula is C24H19ClFN3O. The minimum absolute atomic E-state index is 0.0912. The van der Waals surface area contributed by atoms with E-state index in [2.05, 4.69) is 4.57 Å². The second-order valence-corrected chi connectivity index (χ2v) is 7.97. The van der Waals surface area contributed by atoms with Crippen LogP contribution in [-0.2, 0) is 11.3 Å². The van der Waals surface area contributed by atoms with Crippen molar-refractivity contribution < 1.29 is 9.18 Å². The van der Waals surface area contributed by atoms with Gasteiger partial charge in [-0.2, -0.15) is 0 Å². The second-order valence-electron chi connectivity index (χ2n) is 7.53. The van der Waals surface area contributed by atoms with Gasteiger partial charge in [-0.1, -0.05) is 48.0 Å². The lowest BCUT2D eigenvalue weighted by atomic mass is 10.1. The first-order valence-electron chi connectivity index (χ1n) is 9.84. The predicted molar refractivity (Wildman–Crippen MR) is 116 cm³/mol. The van der Waals surface area contributed by atoms with Crippen LogP contribution >= 0.6 is 11.6 Å². The van der Waals surface area contributed by atoms with Crippen molar-refractivity contribution in [3.05, 3.63) is 95.0 Å². The summed E-state index contributed by atoms with van der Waals surface area (Å²) in [5, 5.41) is 0.681. The van der Waals surface area contributed by atoms with Crippen molar-refractivity contribution in [2.24, 2.45) is 0 Å². The Morgan fingerprint density at radius 1 is 1.03 bits per heavy atom. The summed E-state index contributed by atoms with van der Waals surface area (Å²) in [5.74, 6) is 0.234. The zero-order valence-corrected chi connectivity index (χ0v) is 16.9. The smallest absolute Gasteiger partial charge is 0.227 e. The van der Waals surface area contributed by atoms with Crippen LogP contribution in [0.4, 0.5) is 10.1 Å². The molecule has 1 aliphatic rings. The number of fused-ring (bicyclic) bond motifs is 1. The molecule has 4 aromatic rings. The van der Waals surface area contributed by atoms with Crippen molar-refractivity contribution in [1.82, 2.24) is 9.55 Å². The highest BCUT2D eigenvalue weighted by atomic mass is 35.5. The highest BCUT2D eigenvalue weighted by Crippen LogP contribution is 2.34. The summed E-state index contributed by atoms with van der Waals surface area (Å²) in [5.41, 5.74) is 3.26. The minimum atomic E-state index is -0.390. The number of hydrogen-bond acceptors (Lipinski definition) is 2. The van der Waals surface area contributed by atoms with Crippen LogP contribution in [0.1, 0.15) is 23.7 Å². The number of anilines is 1. The Morgan fingerprint density at radius 2 is 1.83 bits per heavy atom. The van der Waals surface area contributed by atoms with Crippen LogP contribution in [0.15, 0.2) is 72.8 Å². The van der Waals surface area contributed by atoms with Gasteiger partial charge >= 0.3 is 0 Å². The van der Waals surface area contributed by atoms with E-state index in [-0.39, 0.29) is 17.6 Å². The highest BCUT2D eigenvalue weighted by Gasteiger charge is 2.35. The van der Waals surface area contributed by atoms with Gasteiger partial charge < -0.3 is 9.47 Å². The summed E-state index contributed by atoms with van der Waals surface area (Å²) in [4.78, 5) is 19.1. The van der Waals surface area contributed by atoms with Gasteiger partial charge in [0.15, 0.2) is 0 Å².